The number of halogens is 2. The molecule has 0 bridgehead atoms. The molecule has 0 aliphatic rings. The highest BCUT2D eigenvalue weighted by molar-refractivity contribution is 6.42. The van der Waals surface area contributed by atoms with Crippen LogP contribution >= 0.6 is 23.2 Å². The molecular formula is C11H15Cl2N. The van der Waals surface area contributed by atoms with Crippen molar-refractivity contribution in [2.24, 2.45) is 0 Å². The fraction of sp³-hybridized carbons (Fsp3) is 0.455. The van der Waals surface area contributed by atoms with E-state index in [-0.39, 0.29) is 0 Å². The molecule has 1 aromatic carbocycles. The first-order valence-corrected chi connectivity index (χ1v) is 5.57. The zero-order valence-corrected chi connectivity index (χ0v) is 9.99. The summed E-state index contributed by atoms with van der Waals surface area (Å²) in [7, 11) is 0. The standard InChI is InChI=1S/C11H15Cl2N/c1-3-8(2)14-7-9-5-4-6-10(12)11(9)13/h4-6,8,14H,3,7H2,1-2H3. The third-order valence-electron chi connectivity index (χ3n) is 2.28. The van der Waals surface area contributed by atoms with Crippen molar-refractivity contribution in [1.82, 2.24) is 5.32 Å². The van der Waals surface area contributed by atoms with Gasteiger partial charge in [0.1, 0.15) is 0 Å². The molecule has 0 aliphatic carbocycles. The summed E-state index contributed by atoms with van der Waals surface area (Å²) in [5.41, 5.74) is 1.06. The number of nitrogens with one attached hydrogen (secondary N) is 1. The fourth-order valence-electron chi connectivity index (χ4n) is 1.11. The smallest absolute Gasteiger partial charge is 0.0637 e. The van der Waals surface area contributed by atoms with Crippen LogP contribution in [0.2, 0.25) is 10.0 Å². The summed E-state index contributed by atoms with van der Waals surface area (Å²) in [6, 6.07) is 6.22. The minimum atomic E-state index is 0.505. The molecule has 78 valence electrons. The van der Waals surface area contributed by atoms with E-state index in [4.69, 9.17) is 23.2 Å². The van der Waals surface area contributed by atoms with Gasteiger partial charge in [-0.25, -0.2) is 0 Å². The zero-order chi connectivity index (χ0) is 10.6. The Morgan fingerprint density at radius 3 is 2.71 bits per heavy atom. The van der Waals surface area contributed by atoms with Gasteiger partial charge in [0.2, 0.25) is 0 Å². The number of rotatable bonds is 4. The summed E-state index contributed by atoms with van der Waals surface area (Å²) < 4.78 is 0. The third kappa shape index (κ3) is 3.16. The highest BCUT2D eigenvalue weighted by Gasteiger charge is 2.04. The first kappa shape index (κ1) is 11.8. The van der Waals surface area contributed by atoms with Crippen LogP contribution in [0.5, 0.6) is 0 Å². The molecule has 0 amide bonds. The molecule has 0 saturated heterocycles. The SMILES string of the molecule is CCC(C)NCc1cccc(Cl)c1Cl. The largest absolute Gasteiger partial charge is 0.310 e. The molecule has 0 heterocycles. The van der Waals surface area contributed by atoms with Crippen molar-refractivity contribution in [2.75, 3.05) is 0 Å². The molecule has 1 N–H and O–H groups in total. The van der Waals surface area contributed by atoms with Crippen molar-refractivity contribution >= 4 is 23.2 Å². The molecule has 1 atom stereocenters. The van der Waals surface area contributed by atoms with Crippen LogP contribution in [0.25, 0.3) is 0 Å². The molecule has 0 radical (unpaired) electrons. The van der Waals surface area contributed by atoms with Gasteiger partial charge in [0.05, 0.1) is 10.0 Å². The van der Waals surface area contributed by atoms with E-state index in [1.165, 1.54) is 0 Å². The van der Waals surface area contributed by atoms with Crippen LogP contribution in [-0.4, -0.2) is 6.04 Å². The van der Waals surface area contributed by atoms with Gasteiger partial charge in [-0.1, -0.05) is 42.3 Å². The molecule has 0 aliphatic heterocycles. The lowest BCUT2D eigenvalue weighted by atomic mass is 10.2. The van der Waals surface area contributed by atoms with E-state index in [0.717, 1.165) is 18.5 Å². The molecule has 1 nitrogen and oxygen atoms in total. The molecule has 3 heteroatoms. The van der Waals surface area contributed by atoms with E-state index < -0.39 is 0 Å². The first-order chi connectivity index (χ1) is 6.65. The van der Waals surface area contributed by atoms with Crippen LogP contribution in [0.15, 0.2) is 18.2 Å². The minimum absolute atomic E-state index is 0.505. The highest BCUT2D eigenvalue weighted by Crippen LogP contribution is 2.25. The number of hydrogen-bond acceptors (Lipinski definition) is 1. The highest BCUT2D eigenvalue weighted by atomic mass is 35.5. The van der Waals surface area contributed by atoms with Crippen LogP contribution in [0.1, 0.15) is 25.8 Å². The van der Waals surface area contributed by atoms with Crippen LogP contribution < -0.4 is 5.32 Å². The number of hydrogen-bond donors (Lipinski definition) is 1. The summed E-state index contributed by atoms with van der Waals surface area (Å²) in [6.45, 7) is 5.07. The molecule has 0 fully saturated rings. The minimum Gasteiger partial charge on any atom is -0.310 e. The van der Waals surface area contributed by atoms with Crippen molar-refractivity contribution < 1.29 is 0 Å². The summed E-state index contributed by atoms with van der Waals surface area (Å²) in [4.78, 5) is 0. The molecule has 14 heavy (non-hydrogen) atoms. The maximum atomic E-state index is 6.05. The van der Waals surface area contributed by atoms with Gasteiger partial charge in [0.25, 0.3) is 0 Å². The van der Waals surface area contributed by atoms with Gasteiger partial charge in [-0.05, 0) is 25.0 Å². The van der Waals surface area contributed by atoms with Crippen LogP contribution in [-0.2, 0) is 6.54 Å². The van der Waals surface area contributed by atoms with Crippen LogP contribution in [0, 0.1) is 0 Å². The van der Waals surface area contributed by atoms with Crippen molar-refractivity contribution in [3.8, 4) is 0 Å². The third-order valence-corrected chi connectivity index (χ3v) is 3.14. The van der Waals surface area contributed by atoms with Gasteiger partial charge < -0.3 is 5.32 Å². The van der Waals surface area contributed by atoms with Gasteiger partial charge in [0.15, 0.2) is 0 Å². The Kier molecular flexibility index (Phi) is 4.73. The zero-order valence-electron chi connectivity index (χ0n) is 8.48. The van der Waals surface area contributed by atoms with Crippen molar-refractivity contribution in [3.05, 3.63) is 33.8 Å². The van der Waals surface area contributed by atoms with Gasteiger partial charge >= 0.3 is 0 Å². The molecular weight excluding hydrogens is 217 g/mol. The average Bonchev–Trinajstić information content (AvgIpc) is 2.20. The van der Waals surface area contributed by atoms with Crippen molar-refractivity contribution in [1.29, 1.82) is 0 Å². The summed E-state index contributed by atoms with van der Waals surface area (Å²) in [5.74, 6) is 0. The second kappa shape index (κ2) is 5.59. The number of benzene rings is 1. The molecule has 0 saturated carbocycles. The second-order valence-electron chi connectivity index (χ2n) is 3.40. The molecule has 0 aromatic heterocycles. The summed E-state index contributed by atoms with van der Waals surface area (Å²) in [5, 5.41) is 4.65. The summed E-state index contributed by atoms with van der Waals surface area (Å²) in [6.07, 6.45) is 1.11. The second-order valence-corrected chi connectivity index (χ2v) is 4.19. The Hall–Kier alpha value is -0.240. The van der Waals surface area contributed by atoms with Crippen molar-refractivity contribution in [3.63, 3.8) is 0 Å². The van der Waals surface area contributed by atoms with E-state index in [9.17, 15) is 0 Å². The van der Waals surface area contributed by atoms with Gasteiger partial charge in [-0.2, -0.15) is 0 Å². The average molecular weight is 232 g/mol. The topological polar surface area (TPSA) is 12.0 Å². The summed E-state index contributed by atoms with van der Waals surface area (Å²) >= 11 is 12.0. The van der Waals surface area contributed by atoms with E-state index in [1.54, 1.807) is 6.07 Å². The van der Waals surface area contributed by atoms with Crippen molar-refractivity contribution in [2.45, 2.75) is 32.9 Å². The van der Waals surface area contributed by atoms with Gasteiger partial charge in [-0.3, -0.25) is 0 Å². The molecule has 1 rings (SSSR count). The van der Waals surface area contributed by atoms with E-state index in [0.29, 0.717) is 16.1 Å². The normalized spacial score (nSPS) is 12.9. The van der Waals surface area contributed by atoms with Crippen LogP contribution in [0.4, 0.5) is 0 Å². The molecule has 1 unspecified atom stereocenters. The molecule has 0 spiro atoms. The van der Waals surface area contributed by atoms with E-state index in [1.807, 2.05) is 12.1 Å². The monoisotopic (exact) mass is 231 g/mol. The predicted molar refractivity (Wildman–Crippen MR) is 63.1 cm³/mol. The quantitative estimate of drug-likeness (QED) is 0.830. The maximum absolute atomic E-state index is 6.05. The Balaban J connectivity index is 2.63. The van der Waals surface area contributed by atoms with Crippen LogP contribution in [0.3, 0.4) is 0 Å². The van der Waals surface area contributed by atoms with E-state index >= 15 is 0 Å². The Labute approximate surface area is 95.4 Å². The Morgan fingerprint density at radius 2 is 2.07 bits per heavy atom. The maximum Gasteiger partial charge on any atom is 0.0637 e. The van der Waals surface area contributed by atoms with E-state index in [2.05, 4.69) is 19.2 Å². The van der Waals surface area contributed by atoms with Gasteiger partial charge in [-0.15, -0.1) is 0 Å². The lowest BCUT2D eigenvalue weighted by Crippen LogP contribution is -2.24. The lowest BCUT2D eigenvalue weighted by molar-refractivity contribution is 0.534. The Morgan fingerprint density at radius 1 is 1.36 bits per heavy atom. The molecule has 1 aromatic rings. The Bertz CT molecular complexity index is 299. The first-order valence-electron chi connectivity index (χ1n) is 4.81. The van der Waals surface area contributed by atoms with Gasteiger partial charge in [0, 0.05) is 12.6 Å². The predicted octanol–water partition coefficient (Wildman–Crippen LogP) is 3.88. The lowest BCUT2D eigenvalue weighted by Gasteiger charge is -2.12. The fourth-order valence-corrected chi connectivity index (χ4v) is 1.50.